The third-order valence-corrected chi connectivity index (χ3v) is 6.17. The Morgan fingerprint density at radius 3 is 2.44 bits per heavy atom. The van der Waals surface area contributed by atoms with E-state index < -0.39 is 0 Å². The molecule has 168 valence electrons. The number of anilines is 1. The second kappa shape index (κ2) is 9.37. The highest BCUT2D eigenvalue weighted by atomic mass is 35.5. The molecule has 0 aliphatic carbocycles. The molecule has 5 nitrogen and oxygen atoms in total. The van der Waals surface area contributed by atoms with Crippen LogP contribution in [-0.4, -0.2) is 36.4 Å². The molecule has 0 spiro atoms. The number of piperidine rings is 1. The molecule has 0 saturated carbocycles. The molecule has 2 aliphatic heterocycles. The van der Waals surface area contributed by atoms with Crippen LogP contribution in [0.15, 0.2) is 54.2 Å². The fourth-order valence-corrected chi connectivity index (χ4v) is 4.52. The van der Waals surface area contributed by atoms with E-state index in [1.54, 1.807) is 24.3 Å². The molecule has 2 aromatic rings. The van der Waals surface area contributed by atoms with Crippen molar-refractivity contribution in [2.75, 3.05) is 24.6 Å². The number of imide groups is 1. The number of ether oxygens (including phenoxy) is 1. The fourth-order valence-electron chi connectivity index (χ4n) is 4.30. The van der Waals surface area contributed by atoms with E-state index >= 15 is 0 Å². The summed E-state index contributed by atoms with van der Waals surface area (Å²) in [6.45, 7) is 8.50. The van der Waals surface area contributed by atoms with Gasteiger partial charge in [-0.2, -0.15) is 0 Å². The van der Waals surface area contributed by atoms with E-state index in [1.807, 2.05) is 24.3 Å². The maximum atomic E-state index is 13.6. The number of halogens is 1. The van der Waals surface area contributed by atoms with E-state index in [1.165, 1.54) is 4.90 Å². The van der Waals surface area contributed by atoms with Gasteiger partial charge in [-0.1, -0.05) is 56.6 Å². The summed E-state index contributed by atoms with van der Waals surface area (Å²) in [5, 5.41) is 0.374. The zero-order valence-electron chi connectivity index (χ0n) is 18.8. The summed E-state index contributed by atoms with van der Waals surface area (Å²) in [5.74, 6) is 0.973. The normalized spacial score (nSPS) is 19.3. The summed E-state index contributed by atoms with van der Waals surface area (Å²) in [5.41, 5.74) is 2.03. The van der Waals surface area contributed by atoms with Crippen LogP contribution in [-0.2, 0) is 9.59 Å². The van der Waals surface area contributed by atoms with Crippen molar-refractivity contribution < 1.29 is 14.3 Å². The molecule has 1 saturated heterocycles. The quantitative estimate of drug-likeness (QED) is 0.551. The van der Waals surface area contributed by atoms with Crippen LogP contribution in [0.5, 0.6) is 5.75 Å². The zero-order valence-corrected chi connectivity index (χ0v) is 19.6. The topological polar surface area (TPSA) is 49.9 Å². The van der Waals surface area contributed by atoms with Gasteiger partial charge in [-0.3, -0.25) is 9.59 Å². The second-order valence-electron chi connectivity index (χ2n) is 9.04. The largest absolute Gasteiger partial charge is 0.493 e. The van der Waals surface area contributed by atoms with Gasteiger partial charge in [0.25, 0.3) is 11.8 Å². The van der Waals surface area contributed by atoms with Crippen molar-refractivity contribution >= 4 is 34.7 Å². The van der Waals surface area contributed by atoms with E-state index in [2.05, 4.69) is 25.7 Å². The number of hydrogen-bond acceptors (Lipinski definition) is 4. The third-order valence-electron chi connectivity index (χ3n) is 5.85. The van der Waals surface area contributed by atoms with Gasteiger partial charge < -0.3 is 9.64 Å². The second-order valence-corrected chi connectivity index (χ2v) is 9.45. The number of hydrogen-bond donors (Lipinski definition) is 0. The lowest BCUT2D eigenvalue weighted by atomic mass is 9.97. The van der Waals surface area contributed by atoms with E-state index in [0.29, 0.717) is 46.0 Å². The number of likely N-dealkylation sites (tertiary alicyclic amines) is 1. The van der Waals surface area contributed by atoms with Crippen LogP contribution in [0, 0.1) is 11.8 Å². The average molecular weight is 453 g/mol. The lowest BCUT2D eigenvalue weighted by Gasteiger charge is -2.33. The summed E-state index contributed by atoms with van der Waals surface area (Å²) in [6, 6.07) is 14.4. The van der Waals surface area contributed by atoms with Crippen LogP contribution in [0.1, 0.15) is 39.2 Å². The molecule has 2 heterocycles. The Hall–Kier alpha value is -2.79. The van der Waals surface area contributed by atoms with Crippen molar-refractivity contribution in [1.82, 2.24) is 4.90 Å². The minimum Gasteiger partial charge on any atom is -0.493 e. The van der Waals surface area contributed by atoms with Crippen molar-refractivity contribution in [3.05, 3.63) is 64.8 Å². The summed E-state index contributed by atoms with van der Waals surface area (Å²) in [4.78, 5) is 30.5. The van der Waals surface area contributed by atoms with Crippen LogP contribution < -0.4 is 9.64 Å². The standard InChI is InChI=1S/C26H29ClN2O3/c1-17(2)16-32-20-12-10-19(11-13-20)23-24(28-14-6-7-18(3)15-28)26(31)29(25(23)30)22-9-5-4-8-21(22)27/h4-5,8-13,17-18H,6-7,14-16H2,1-3H3. The highest BCUT2D eigenvalue weighted by molar-refractivity contribution is 6.47. The molecule has 0 aromatic heterocycles. The first-order valence-electron chi connectivity index (χ1n) is 11.2. The van der Waals surface area contributed by atoms with Crippen molar-refractivity contribution in [3.8, 4) is 5.75 Å². The molecule has 32 heavy (non-hydrogen) atoms. The molecular weight excluding hydrogens is 424 g/mol. The van der Waals surface area contributed by atoms with Gasteiger partial charge in [0.15, 0.2) is 0 Å². The molecule has 1 fully saturated rings. The van der Waals surface area contributed by atoms with Crippen LogP contribution in [0.4, 0.5) is 5.69 Å². The lowest BCUT2D eigenvalue weighted by Crippen LogP contribution is -2.39. The van der Waals surface area contributed by atoms with Crippen molar-refractivity contribution in [3.63, 3.8) is 0 Å². The van der Waals surface area contributed by atoms with Crippen molar-refractivity contribution in [2.24, 2.45) is 11.8 Å². The molecular formula is C26H29ClN2O3. The highest BCUT2D eigenvalue weighted by Crippen LogP contribution is 2.39. The molecule has 0 bridgehead atoms. The Balaban J connectivity index is 1.75. The Kier molecular flexibility index (Phi) is 6.56. The first-order valence-corrected chi connectivity index (χ1v) is 11.6. The smallest absolute Gasteiger partial charge is 0.282 e. The highest BCUT2D eigenvalue weighted by Gasteiger charge is 2.43. The number of carbonyl (C=O) groups is 2. The first-order chi connectivity index (χ1) is 15.4. The van der Waals surface area contributed by atoms with Crippen LogP contribution in [0.2, 0.25) is 5.02 Å². The average Bonchev–Trinajstić information content (AvgIpc) is 3.03. The summed E-state index contributed by atoms with van der Waals surface area (Å²) >= 11 is 6.37. The predicted molar refractivity (Wildman–Crippen MR) is 128 cm³/mol. The molecule has 6 heteroatoms. The minimum absolute atomic E-state index is 0.313. The molecule has 1 atom stereocenters. The van der Waals surface area contributed by atoms with Gasteiger partial charge in [-0.15, -0.1) is 0 Å². The van der Waals surface area contributed by atoms with E-state index in [-0.39, 0.29) is 11.8 Å². The lowest BCUT2D eigenvalue weighted by molar-refractivity contribution is -0.120. The number of rotatable bonds is 6. The Morgan fingerprint density at radius 1 is 1.06 bits per heavy atom. The first kappa shape index (κ1) is 22.4. The number of carbonyl (C=O) groups excluding carboxylic acids is 2. The fraction of sp³-hybridized carbons (Fsp3) is 0.385. The number of para-hydroxylation sites is 1. The monoisotopic (exact) mass is 452 g/mol. The summed E-state index contributed by atoms with van der Waals surface area (Å²) < 4.78 is 5.79. The number of nitrogens with zero attached hydrogens (tertiary/aromatic N) is 2. The van der Waals surface area contributed by atoms with Crippen LogP contribution >= 0.6 is 11.6 Å². The van der Waals surface area contributed by atoms with Crippen LogP contribution in [0.3, 0.4) is 0 Å². The van der Waals surface area contributed by atoms with Crippen molar-refractivity contribution in [1.29, 1.82) is 0 Å². The molecule has 2 aromatic carbocycles. The molecule has 0 N–H and O–H groups in total. The maximum absolute atomic E-state index is 13.6. The Bertz CT molecular complexity index is 1050. The van der Waals surface area contributed by atoms with Crippen LogP contribution in [0.25, 0.3) is 5.57 Å². The SMILES string of the molecule is CC(C)COc1ccc(C2=C(N3CCCC(C)C3)C(=O)N(c3ccccc3Cl)C2=O)cc1. The number of amides is 2. The van der Waals surface area contributed by atoms with E-state index in [0.717, 1.165) is 31.7 Å². The molecule has 4 rings (SSSR count). The van der Waals surface area contributed by atoms with E-state index in [4.69, 9.17) is 16.3 Å². The Labute approximate surface area is 194 Å². The molecule has 2 amide bonds. The summed E-state index contributed by atoms with van der Waals surface area (Å²) in [7, 11) is 0. The van der Waals surface area contributed by atoms with E-state index in [9.17, 15) is 9.59 Å². The van der Waals surface area contributed by atoms with Gasteiger partial charge >= 0.3 is 0 Å². The van der Waals surface area contributed by atoms with Gasteiger partial charge in [0.2, 0.25) is 0 Å². The van der Waals surface area contributed by atoms with Gasteiger partial charge in [-0.05, 0) is 54.5 Å². The number of benzene rings is 2. The van der Waals surface area contributed by atoms with Gasteiger partial charge in [-0.25, -0.2) is 4.90 Å². The molecule has 0 radical (unpaired) electrons. The molecule has 1 unspecified atom stereocenters. The minimum atomic E-state index is -0.341. The third kappa shape index (κ3) is 4.40. The molecule has 2 aliphatic rings. The Morgan fingerprint density at radius 2 is 1.78 bits per heavy atom. The summed E-state index contributed by atoms with van der Waals surface area (Å²) in [6.07, 6.45) is 2.12. The van der Waals surface area contributed by atoms with Gasteiger partial charge in [0, 0.05) is 13.1 Å². The zero-order chi connectivity index (χ0) is 22.8. The van der Waals surface area contributed by atoms with Gasteiger partial charge in [0.05, 0.1) is 22.9 Å². The predicted octanol–water partition coefficient (Wildman–Crippen LogP) is 5.39. The van der Waals surface area contributed by atoms with Crippen molar-refractivity contribution in [2.45, 2.75) is 33.6 Å². The van der Waals surface area contributed by atoms with Gasteiger partial charge in [0.1, 0.15) is 11.4 Å². The maximum Gasteiger partial charge on any atom is 0.282 e.